The summed E-state index contributed by atoms with van der Waals surface area (Å²) in [6.45, 7) is 0. The third-order valence-electron chi connectivity index (χ3n) is 5.44. The smallest absolute Gasteiger partial charge is 0.251 e. The van der Waals surface area contributed by atoms with Gasteiger partial charge in [-0.3, -0.25) is 4.79 Å². The summed E-state index contributed by atoms with van der Waals surface area (Å²) in [5.41, 5.74) is 3.03. The van der Waals surface area contributed by atoms with Crippen LogP contribution in [0.4, 0.5) is 14.6 Å². The summed E-state index contributed by atoms with van der Waals surface area (Å²) >= 11 is 0. The molecule has 10 heteroatoms. The fourth-order valence-corrected chi connectivity index (χ4v) is 3.93. The van der Waals surface area contributed by atoms with E-state index >= 15 is 0 Å². The van der Waals surface area contributed by atoms with Crippen LogP contribution in [0.1, 0.15) is 17.2 Å². The number of imidazole rings is 1. The average Bonchev–Trinajstić information content (AvgIpc) is 3.41. The molecule has 0 aliphatic heterocycles. The van der Waals surface area contributed by atoms with Crippen LogP contribution in [0, 0.1) is 11.6 Å². The number of halogens is 2. The number of fused-ring (bicyclic) bond motifs is 3. The molecule has 0 radical (unpaired) electrons. The molecule has 0 aliphatic rings. The van der Waals surface area contributed by atoms with Gasteiger partial charge in [-0.2, -0.15) is 4.98 Å². The maximum Gasteiger partial charge on any atom is 0.251 e. The predicted molar refractivity (Wildman–Crippen MR) is 118 cm³/mol. The molecule has 33 heavy (non-hydrogen) atoms. The topological polar surface area (TPSA) is 97.9 Å². The van der Waals surface area contributed by atoms with Gasteiger partial charge in [-0.15, -0.1) is 0 Å². The molecule has 1 unspecified atom stereocenters. The van der Waals surface area contributed by atoms with Crippen molar-refractivity contribution in [2.75, 3.05) is 12.4 Å². The molecule has 3 aromatic heterocycles. The van der Waals surface area contributed by atoms with E-state index in [2.05, 4.69) is 25.6 Å². The van der Waals surface area contributed by atoms with Gasteiger partial charge in [0.2, 0.25) is 12.3 Å². The SMILES string of the molecule is CNc1nc2oc(-c3cccc(C(NC=O)c4c(F)cccc4F)c3)nc2c2c1ncn2C. The largest absolute Gasteiger partial charge is 0.418 e. The highest BCUT2D eigenvalue weighted by Gasteiger charge is 2.23. The second kappa shape index (κ2) is 7.97. The van der Waals surface area contributed by atoms with Gasteiger partial charge in [-0.1, -0.05) is 18.2 Å². The summed E-state index contributed by atoms with van der Waals surface area (Å²) in [6.07, 6.45) is 2.07. The fourth-order valence-electron chi connectivity index (χ4n) is 3.93. The quantitative estimate of drug-likeness (QED) is 0.382. The number of aromatic nitrogens is 4. The summed E-state index contributed by atoms with van der Waals surface area (Å²) in [4.78, 5) is 24.7. The van der Waals surface area contributed by atoms with Crippen molar-refractivity contribution in [1.29, 1.82) is 0 Å². The van der Waals surface area contributed by atoms with Crippen LogP contribution in [-0.2, 0) is 11.8 Å². The Kier molecular flexibility index (Phi) is 4.97. The standard InChI is InChI=1S/C23H18F2N6O2/c1-26-21-18-20(31(2)10-27-18)19-23(30-21)33-22(29-19)13-6-3-5-12(9-13)17(28-11-32)16-14(24)7-4-8-15(16)25/h3-11,17H,1-2H3,(H,26,30)(H,28,32). The lowest BCUT2D eigenvalue weighted by Crippen LogP contribution is -2.23. The number of pyridine rings is 1. The molecule has 1 amide bonds. The highest BCUT2D eigenvalue weighted by Crippen LogP contribution is 2.33. The van der Waals surface area contributed by atoms with E-state index < -0.39 is 17.7 Å². The summed E-state index contributed by atoms with van der Waals surface area (Å²) in [6, 6.07) is 9.30. The maximum atomic E-state index is 14.5. The fraction of sp³-hybridized carbons (Fsp3) is 0.130. The molecule has 2 N–H and O–H groups in total. The molecule has 0 aliphatic carbocycles. The third kappa shape index (κ3) is 3.36. The Morgan fingerprint density at radius 2 is 1.85 bits per heavy atom. The monoisotopic (exact) mass is 448 g/mol. The Morgan fingerprint density at radius 3 is 2.58 bits per heavy atom. The van der Waals surface area contributed by atoms with Gasteiger partial charge in [0.05, 0.1) is 17.9 Å². The van der Waals surface area contributed by atoms with E-state index in [0.717, 1.165) is 17.6 Å². The van der Waals surface area contributed by atoms with Gasteiger partial charge in [-0.25, -0.2) is 18.7 Å². The maximum absolute atomic E-state index is 14.5. The van der Waals surface area contributed by atoms with Gasteiger partial charge < -0.3 is 19.6 Å². The number of amides is 1. The first-order valence-corrected chi connectivity index (χ1v) is 10.0. The van der Waals surface area contributed by atoms with Crippen LogP contribution in [-0.4, -0.2) is 33.0 Å². The predicted octanol–water partition coefficient (Wildman–Crippen LogP) is 3.93. The van der Waals surface area contributed by atoms with Crippen molar-refractivity contribution in [2.45, 2.75) is 6.04 Å². The van der Waals surface area contributed by atoms with Gasteiger partial charge in [-0.05, 0) is 29.8 Å². The normalized spacial score (nSPS) is 12.2. The zero-order valence-corrected chi connectivity index (χ0v) is 17.6. The third-order valence-corrected chi connectivity index (χ3v) is 5.44. The zero-order valence-electron chi connectivity index (χ0n) is 17.6. The lowest BCUT2D eigenvalue weighted by molar-refractivity contribution is -0.110. The molecule has 0 bridgehead atoms. The molecule has 0 saturated heterocycles. The molecular formula is C23H18F2N6O2. The number of aryl methyl sites for hydroxylation is 1. The Hall–Kier alpha value is -4.34. The Balaban J connectivity index is 1.65. The Bertz CT molecular complexity index is 1490. The number of carbonyl (C=O) groups is 1. The molecule has 8 nitrogen and oxygen atoms in total. The minimum absolute atomic E-state index is 0.253. The summed E-state index contributed by atoms with van der Waals surface area (Å²) in [7, 11) is 3.59. The van der Waals surface area contributed by atoms with Gasteiger partial charge in [0.1, 0.15) is 22.7 Å². The van der Waals surface area contributed by atoms with E-state index in [9.17, 15) is 13.6 Å². The number of carbonyl (C=O) groups excluding carboxylic acids is 1. The summed E-state index contributed by atoms with van der Waals surface area (Å²) in [5.74, 6) is -0.693. The van der Waals surface area contributed by atoms with Crippen LogP contribution < -0.4 is 10.6 Å². The Morgan fingerprint density at radius 1 is 1.09 bits per heavy atom. The minimum Gasteiger partial charge on any atom is -0.418 e. The highest BCUT2D eigenvalue weighted by molar-refractivity contribution is 6.03. The van der Waals surface area contributed by atoms with Crippen LogP contribution >= 0.6 is 0 Å². The number of rotatable bonds is 6. The lowest BCUT2D eigenvalue weighted by Gasteiger charge is -2.19. The minimum atomic E-state index is -1.04. The van der Waals surface area contributed by atoms with Gasteiger partial charge in [0.25, 0.3) is 5.71 Å². The van der Waals surface area contributed by atoms with E-state index in [1.54, 1.807) is 37.6 Å². The second-order valence-electron chi connectivity index (χ2n) is 7.41. The molecule has 2 aromatic carbocycles. The van der Waals surface area contributed by atoms with Crippen molar-refractivity contribution in [3.05, 3.63) is 71.6 Å². The van der Waals surface area contributed by atoms with E-state index in [4.69, 9.17) is 4.42 Å². The molecule has 3 heterocycles. The van der Waals surface area contributed by atoms with Gasteiger partial charge >= 0.3 is 0 Å². The van der Waals surface area contributed by atoms with Crippen molar-refractivity contribution in [3.8, 4) is 11.5 Å². The van der Waals surface area contributed by atoms with Crippen LogP contribution in [0.25, 0.3) is 33.7 Å². The number of benzene rings is 2. The number of anilines is 1. The first-order chi connectivity index (χ1) is 16.0. The number of hydrogen-bond acceptors (Lipinski definition) is 6. The molecule has 0 saturated carbocycles. The lowest BCUT2D eigenvalue weighted by atomic mass is 9.96. The molecule has 5 aromatic rings. The Labute approximate surface area is 186 Å². The van der Waals surface area contributed by atoms with Crippen molar-refractivity contribution >= 4 is 34.5 Å². The first kappa shape index (κ1) is 20.6. The summed E-state index contributed by atoms with van der Waals surface area (Å²) in [5, 5.41) is 5.51. The summed E-state index contributed by atoms with van der Waals surface area (Å²) < 4.78 is 36.7. The van der Waals surface area contributed by atoms with Crippen molar-refractivity contribution in [2.24, 2.45) is 7.05 Å². The average molecular weight is 448 g/mol. The highest BCUT2D eigenvalue weighted by atomic mass is 19.1. The number of hydrogen-bond donors (Lipinski definition) is 2. The molecule has 5 rings (SSSR count). The molecule has 166 valence electrons. The number of nitrogens with zero attached hydrogens (tertiary/aromatic N) is 4. The van der Waals surface area contributed by atoms with E-state index in [1.807, 2.05) is 11.6 Å². The van der Waals surface area contributed by atoms with E-state index in [1.165, 1.54) is 6.07 Å². The van der Waals surface area contributed by atoms with Gasteiger partial charge in [0, 0.05) is 19.7 Å². The van der Waals surface area contributed by atoms with Crippen LogP contribution in [0.5, 0.6) is 0 Å². The van der Waals surface area contributed by atoms with Crippen molar-refractivity contribution < 1.29 is 18.0 Å². The molecule has 0 fully saturated rings. The first-order valence-electron chi connectivity index (χ1n) is 10.0. The van der Waals surface area contributed by atoms with Crippen molar-refractivity contribution in [1.82, 2.24) is 24.8 Å². The van der Waals surface area contributed by atoms with Gasteiger partial charge in [0.15, 0.2) is 11.3 Å². The van der Waals surface area contributed by atoms with E-state index in [0.29, 0.717) is 40.1 Å². The van der Waals surface area contributed by atoms with Crippen LogP contribution in [0.2, 0.25) is 0 Å². The number of oxazole rings is 1. The zero-order chi connectivity index (χ0) is 23.1. The second-order valence-corrected chi connectivity index (χ2v) is 7.41. The van der Waals surface area contributed by atoms with Crippen LogP contribution in [0.3, 0.4) is 0 Å². The molecular weight excluding hydrogens is 430 g/mol. The number of nitrogens with one attached hydrogen (secondary N) is 2. The molecule has 0 spiro atoms. The molecule has 1 atom stereocenters. The van der Waals surface area contributed by atoms with E-state index in [-0.39, 0.29) is 11.5 Å². The van der Waals surface area contributed by atoms with Crippen LogP contribution in [0.15, 0.2) is 53.2 Å². The van der Waals surface area contributed by atoms with Crippen molar-refractivity contribution in [3.63, 3.8) is 0 Å².